The van der Waals surface area contributed by atoms with Gasteiger partial charge in [-0.1, -0.05) is 72.3 Å². The Kier molecular flexibility index (Phi) is 7.63. The molecule has 1 aliphatic rings. The molecule has 0 saturated carbocycles. The van der Waals surface area contributed by atoms with E-state index in [-0.39, 0.29) is 11.0 Å². The number of benzodiazepines with no additional fused rings is 1. The van der Waals surface area contributed by atoms with Gasteiger partial charge >= 0.3 is 0 Å². The van der Waals surface area contributed by atoms with Crippen molar-refractivity contribution in [2.24, 2.45) is 4.99 Å². The highest BCUT2D eigenvalue weighted by Gasteiger charge is 2.32. The standard InChI is InChI=1S/C31H28ClN5OS/c1-4-18-37-27-16-14-21(32)19-24(27)28(20-10-6-5-7-11-20)34-29(30(37)38)35-31(39)33-25-15-17-26(36(2)3)23-13-9-8-12-22(23)25/h4-17,19,29H,1,18H2,2-3H3,(H2,33,35,39). The number of nitrogens with one attached hydrogen (secondary N) is 2. The lowest BCUT2D eigenvalue weighted by molar-refractivity contribution is -0.119. The molecule has 0 spiro atoms. The van der Waals surface area contributed by atoms with E-state index in [1.807, 2.05) is 86.9 Å². The zero-order valence-electron chi connectivity index (χ0n) is 21.7. The van der Waals surface area contributed by atoms with Crippen molar-refractivity contribution in [2.45, 2.75) is 6.17 Å². The fourth-order valence-electron chi connectivity index (χ4n) is 4.76. The molecule has 0 fully saturated rings. The molecule has 1 unspecified atom stereocenters. The van der Waals surface area contributed by atoms with Crippen molar-refractivity contribution in [1.82, 2.24) is 5.32 Å². The molecule has 6 nitrogen and oxygen atoms in total. The van der Waals surface area contributed by atoms with Gasteiger partial charge in [0.05, 0.1) is 11.4 Å². The Labute approximate surface area is 238 Å². The monoisotopic (exact) mass is 553 g/mol. The molecule has 2 N–H and O–H groups in total. The smallest absolute Gasteiger partial charge is 0.272 e. The molecule has 39 heavy (non-hydrogen) atoms. The summed E-state index contributed by atoms with van der Waals surface area (Å²) in [5.41, 5.74) is 4.92. The molecule has 0 radical (unpaired) electrons. The van der Waals surface area contributed by atoms with E-state index in [0.29, 0.717) is 23.0 Å². The molecule has 4 aromatic carbocycles. The number of thiocarbonyl (C=S) groups is 1. The van der Waals surface area contributed by atoms with Crippen LogP contribution in [0.3, 0.4) is 0 Å². The summed E-state index contributed by atoms with van der Waals surface area (Å²) in [5, 5.41) is 9.40. The fraction of sp³-hybridized carbons (Fsp3) is 0.129. The lowest BCUT2D eigenvalue weighted by atomic mass is 10.00. The van der Waals surface area contributed by atoms with Crippen LogP contribution in [0.25, 0.3) is 10.8 Å². The van der Waals surface area contributed by atoms with Gasteiger partial charge in [0, 0.05) is 58.9 Å². The third-order valence-electron chi connectivity index (χ3n) is 6.52. The van der Waals surface area contributed by atoms with Crippen molar-refractivity contribution in [3.05, 3.63) is 114 Å². The molecule has 4 aromatic rings. The molecule has 8 heteroatoms. The summed E-state index contributed by atoms with van der Waals surface area (Å²) in [6.45, 7) is 4.16. The van der Waals surface area contributed by atoms with E-state index >= 15 is 0 Å². The van der Waals surface area contributed by atoms with E-state index < -0.39 is 6.17 Å². The maximum Gasteiger partial charge on any atom is 0.272 e. The van der Waals surface area contributed by atoms with Crippen molar-refractivity contribution in [3.63, 3.8) is 0 Å². The van der Waals surface area contributed by atoms with Crippen LogP contribution >= 0.6 is 23.8 Å². The Hall–Kier alpha value is -4.20. The van der Waals surface area contributed by atoms with E-state index in [1.54, 1.807) is 17.0 Å². The first kappa shape index (κ1) is 26.4. The van der Waals surface area contributed by atoms with Crippen molar-refractivity contribution in [3.8, 4) is 0 Å². The molecule has 0 aliphatic carbocycles. The zero-order valence-corrected chi connectivity index (χ0v) is 23.3. The number of hydrogen-bond acceptors (Lipinski definition) is 4. The van der Waals surface area contributed by atoms with Crippen molar-refractivity contribution in [2.75, 3.05) is 35.8 Å². The van der Waals surface area contributed by atoms with E-state index in [9.17, 15) is 4.79 Å². The summed E-state index contributed by atoms with van der Waals surface area (Å²) in [6, 6.07) is 27.3. The summed E-state index contributed by atoms with van der Waals surface area (Å²) >= 11 is 12.1. The quantitative estimate of drug-likeness (QED) is 0.218. The highest BCUT2D eigenvalue weighted by molar-refractivity contribution is 7.80. The second kappa shape index (κ2) is 11.3. The van der Waals surface area contributed by atoms with Gasteiger partial charge < -0.3 is 20.4 Å². The molecular weight excluding hydrogens is 526 g/mol. The zero-order chi connectivity index (χ0) is 27.5. The predicted molar refractivity (Wildman–Crippen MR) is 168 cm³/mol. The van der Waals surface area contributed by atoms with Crippen LogP contribution in [0.5, 0.6) is 0 Å². The van der Waals surface area contributed by atoms with Gasteiger partial charge in [-0.05, 0) is 42.5 Å². The third-order valence-corrected chi connectivity index (χ3v) is 6.98. The van der Waals surface area contributed by atoms with Gasteiger partial charge in [0.2, 0.25) is 6.17 Å². The number of aliphatic imine (C=N–C) groups is 1. The summed E-state index contributed by atoms with van der Waals surface area (Å²) < 4.78 is 0. The maximum atomic E-state index is 13.9. The number of amides is 1. The Morgan fingerprint density at radius 1 is 1.05 bits per heavy atom. The highest BCUT2D eigenvalue weighted by Crippen LogP contribution is 2.32. The summed E-state index contributed by atoms with van der Waals surface area (Å²) in [4.78, 5) is 22.5. The maximum absolute atomic E-state index is 13.9. The van der Waals surface area contributed by atoms with Gasteiger partial charge in [0.1, 0.15) is 0 Å². The van der Waals surface area contributed by atoms with Crippen LogP contribution < -0.4 is 20.4 Å². The van der Waals surface area contributed by atoms with Gasteiger partial charge in [-0.25, -0.2) is 4.99 Å². The molecule has 1 heterocycles. The Balaban J connectivity index is 1.53. The first-order chi connectivity index (χ1) is 18.9. The van der Waals surface area contributed by atoms with Gasteiger partial charge in [-0.2, -0.15) is 0 Å². The second-order valence-electron chi connectivity index (χ2n) is 9.32. The Morgan fingerprint density at radius 3 is 2.49 bits per heavy atom. The Morgan fingerprint density at radius 2 is 1.77 bits per heavy atom. The molecule has 1 amide bonds. The SMILES string of the molecule is C=CCN1C(=O)C(NC(=S)Nc2ccc(N(C)C)c3ccccc23)N=C(c2ccccc2)c2cc(Cl)ccc21. The van der Waals surface area contributed by atoms with E-state index in [1.165, 1.54) is 0 Å². The molecule has 1 atom stereocenters. The average Bonchev–Trinajstić information content (AvgIpc) is 3.04. The number of carbonyl (C=O) groups is 1. The van der Waals surface area contributed by atoms with Crippen LogP contribution in [-0.4, -0.2) is 43.5 Å². The van der Waals surface area contributed by atoms with Crippen molar-refractivity contribution >= 4 is 68.4 Å². The number of rotatable bonds is 6. The average molecular weight is 554 g/mol. The normalized spacial score (nSPS) is 14.7. The highest BCUT2D eigenvalue weighted by atomic mass is 35.5. The van der Waals surface area contributed by atoms with Crippen LogP contribution in [0.15, 0.2) is 103 Å². The first-order valence-corrected chi connectivity index (χ1v) is 13.3. The minimum atomic E-state index is -0.973. The minimum Gasteiger partial charge on any atom is -0.377 e. The molecule has 196 valence electrons. The van der Waals surface area contributed by atoms with Crippen molar-refractivity contribution in [1.29, 1.82) is 0 Å². The molecule has 5 rings (SSSR count). The molecule has 0 saturated heterocycles. The molecular formula is C31H28ClN5OS. The van der Waals surface area contributed by atoms with E-state index in [0.717, 1.165) is 33.3 Å². The second-order valence-corrected chi connectivity index (χ2v) is 10.2. The topological polar surface area (TPSA) is 60.0 Å². The molecule has 0 bridgehead atoms. The number of benzene rings is 4. The lowest BCUT2D eigenvalue weighted by Crippen LogP contribution is -2.48. The minimum absolute atomic E-state index is 0.249. The van der Waals surface area contributed by atoms with Gasteiger partial charge in [0.25, 0.3) is 5.91 Å². The summed E-state index contributed by atoms with van der Waals surface area (Å²) in [6.07, 6.45) is 0.717. The fourth-order valence-corrected chi connectivity index (χ4v) is 5.15. The number of anilines is 3. The van der Waals surface area contributed by atoms with Gasteiger partial charge in [-0.3, -0.25) is 4.79 Å². The summed E-state index contributed by atoms with van der Waals surface area (Å²) in [7, 11) is 4.03. The molecule has 1 aliphatic heterocycles. The van der Waals surface area contributed by atoms with Crippen LogP contribution in [0.4, 0.5) is 17.1 Å². The van der Waals surface area contributed by atoms with Gasteiger partial charge in [-0.15, -0.1) is 6.58 Å². The number of fused-ring (bicyclic) bond motifs is 2. The van der Waals surface area contributed by atoms with Crippen molar-refractivity contribution < 1.29 is 4.79 Å². The largest absolute Gasteiger partial charge is 0.377 e. The number of nitrogens with zero attached hydrogens (tertiary/aromatic N) is 3. The van der Waals surface area contributed by atoms with Crippen LogP contribution in [-0.2, 0) is 4.79 Å². The molecule has 0 aromatic heterocycles. The first-order valence-electron chi connectivity index (χ1n) is 12.5. The Bertz CT molecular complexity index is 1600. The van der Waals surface area contributed by atoms with E-state index in [4.69, 9.17) is 28.8 Å². The number of hydrogen-bond donors (Lipinski definition) is 2. The predicted octanol–water partition coefficient (Wildman–Crippen LogP) is 6.24. The van der Waals surface area contributed by atoms with E-state index in [2.05, 4.69) is 28.2 Å². The summed E-state index contributed by atoms with van der Waals surface area (Å²) in [5.74, 6) is -0.249. The third kappa shape index (κ3) is 5.37. The van der Waals surface area contributed by atoms with Crippen LogP contribution in [0, 0.1) is 0 Å². The van der Waals surface area contributed by atoms with Crippen LogP contribution in [0.2, 0.25) is 5.02 Å². The van der Waals surface area contributed by atoms with Crippen LogP contribution in [0.1, 0.15) is 11.1 Å². The lowest BCUT2D eigenvalue weighted by Gasteiger charge is -2.25. The number of carbonyl (C=O) groups excluding carboxylic acids is 1. The number of halogens is 1. The van der Waals surface area contributed by atoms with Gasteiger partial charge in [0.15, 0.2) is 5.11 Å².